The van der Waals surface area contributed by atoms with Crippen molar-refractivity contribution in [1.29, 1.82) is 0 Å². The maximum Gasteiger partial charge on any atom is 0.494 e. The van der Waals surface area contributed by atoms with Crippen molar-refractivity contribution in [2.75, 3.05) is 0 Å². The van der Waals surface area contributed by atoms with E-state index in [0.29, 0.717) is 0 Å². The highest BCUT2D eigenvalue weighted by molar-refractivity contribution is 9.10. The maximum absolute atomic E-state index is 6.25. The van der Waals surface area contributed by atoms with Crippen LogP contribution in [-0.2, 0) is 9.31 Å². The number of pyridine rings is 8. The van der Waals surface area contributed by atoms with Gasteiger partial charge in [-0.15, -0.1) is 0 Å². The largest absolute Gasteiger partial charge is 0.494 e. The van der Waals surface area contributed by atoms with Crippen molar-refractivity contribution in [3.05, 3.63) is 369 Å². The molecule has 0 bridgehead atoms. The molecule has 1 aliphatic rings. The van der Waals surface area contributed by atoms with Crippen molar-refractivity contribution in [3.63, 3.8) is 0 Å². The first-order valence-electron chi connectivity index (χ1n) is 41.2. The van der Waals surface area contributed by atoms with Gasteiger partial charge in [0.25, 0.3) is 0 Å². The lowest BCUT2D eigenvalue weighted by Crippen LogP contribution is -2.41. The fraction of sp³-hybridized carbons (Fsp3) is 0.0545. The number of hydrogen-bond donors (Lipinski definition) is 0. The second-order valence-electron chi connectivity index (χ2n) is 32.9. The van der Waals surface area contributed by atoms with Crippen LogP contribution in [0.2, 0.25) is 0 Å². The Hall–Kier alpha value is -14.7. The summed E-state index contributed by atoms with van der Waals surface area (Å²) in [5.74, 6) is 0. The second-order valence-corrected chi connectivity index (χ2v) is 33.8. The summed E-state index contributed by atoms with van der Waals surface area (Å²) >= 11 is 3.52. The Morgan fingerprint density at radius 3 is 1.04 bits per heavy atom. The van der Waals surface area contributed by atoms with E-state index in [1.807, 2.05) is 49.1 Å². The molecule has 0 amide bonds. The first kappa shape index (κ1) is 72.6. The summed E-state index contributed by atoms with van der Waals surface area (Å²) in [6, 6.07) is 120. The molecule has 0 N–H and O–H groups in total. The SMILES string of the molecule is Brc1ccc2nc(-c3ccc(-c4ccnc5c4ccc4cccnc45)cc3)ccc2c1.CC1(C)OB(c2ccc3nc(-c4ccc5ccc6cccc7ccc4c5c67)ccc3c2)OC1(C)C.c1cnc2c(c1)ccc1c(-c3ccc(-c4ccc5cc(-c6ccc7nc(-c8ccc9ccc%10cccc%11ccc8c9c%10%11)ccc7c6)ccc5n4)cc3)ccnc12. The number of benzene rings is 16. The normalized spacial score (nSPS) is 13.3. The summed E-state index contributed by atoms with van der Waals surface area (Å²) < 4.78 is 13.6. The Balaban J connectivity index is 0.000000113. The van der Waals surface area contributed by atoms with Crippen LogP contribution in [0.4, 0.5) is 0 Å². The Labute approximate surface area is 710 Å². The predicted molar refractivity (Wildman–Crippen MR) is 511 cm³/mol. The molecular formula is C110H72BBrN8O2. The van der Waals surface area contributed by atoms with Gasteiger partial charge in [-0.25, -0.2) is 19.9 Å². The van der Waals surface area contributed by atoms with E-state index in [4.69, 9.17) is 29.2 Å². The summed E-state index contributed by atoms with van der Waals surface area (Å²) in [6.45, 7) is 8.33. The van der Waals surface area contributed by atoms with Gasteiger partial charge in [-0.3, -0.25) is 19.9 Å². The first-order chi connectivity index (χ1) is 59.8. The number of aromatic nitrogens is 8. The third-order valence-corrected chi connectivity index (χ3v) is 25.7. The highest BCUT2D eigenvalue weighted by Crippen LogP contribution is 2.44. The standard InChI is InChI=1S/C52H30N4.C31H26BNO2.C27H16BrN3/c1-3-33-10-11-35-12-19-42(43-20-13-34(4-1)49(33)50(35)43)48-25-18-40-30-38(16-23-47(40)56-48)37-15-22-46-39(29-37)17-24-45(55-46)32-8-6-31(7-9-32)41-26-28-54-52-44(41)21-14-36-5-2-27-53-51(36)52;1-30(2)31(3,4)35-32(34-30)23-13-17-26-22(18-23)12-16-27(33-26)24-14-10-21-9-8-19-6-5-7-20-11-15-25(24)29(21)28(19)20;28-21-9-12-25-20(16-21)8-11-24(31-25)18-5-3-17(4-6-18)22-13-15-30-27-23(22)10-7-19-2-1-14-29-26(19)27/h1-30H;5-18H,1-4H3;1-16H. The van der Waals surface area contributed by atoms with Crippen LogP contribution in [0.3, 0.4) is 0 Å². The topological polar surface area (TPSA) is 122 Å². The molecule has 0 aliphatic carbocycles. The van der Waals surface area contributed by atoms with Crippen LogP contribution in [0.15, 0.2) is 369 Å². The Morgan fingerprint density at radius 1 is 0.238 bits per heavy atom. The monoisotopic (exact) mass is 1630 g/mol. The van der Waals surface area contributed by atoms with Crippen molar-refractivity contribution in [2.24, 2.45) is 0 Å². The third-order valence-electron chi connectivity index (χ3n) is 25.2. The summed E-state index contributed by atoms with van der Waals surface area (Å²) in [6.07, 6.45) is 7.38. The van der Waals surface area contributed by atoms with Crippen molar-refractivity contribution in [1.82, 2.24) is 39.9 Å². The lowest BCUT2D eigenvalue weighted by atomic mass is 9.78. The Morgan fingerprint density at radius 2 is 0.574 bits per heavy atom. The molecular weight excluding hydrogens is 1560 g/mol. The lowest BCUT2D eigenvalue weighted by molar-refractivity contribution is 0.00578. The molecule has 25 rings (SSSR count). The second kappa shape index (κ2) is 28.8. The van der Waals surface area contributed by atoms with E-state index < -0.39 is 0 Å². The average molecular weight is 1630 g/mol. The zero-order valence-corrected chi connectivity index (χ0v) is 68.6. The molecule has 0 saturated carbocycles. The van der Waals surface area contributed by atoms with Gasteiger partial charge in [-0.05, 0) is 234 Å². The predicted octanol–water partition coefficient (Wildman–Crippen LogP) is 28.0. The molecule has 0 radical (unpaired) electrons. The van der Waals surface area contributed by atoms with E-state index in [1.54, 1.807) is 0 Å². The van der Waals surface area contributed by atoms with Gasteiger partial charge in [0.2, 0.25) is 0 Å². The number of rotatable bonds is 8. The quantitative estimate of drug-likeness (QED) is 0.107. The molecule has 9 heterocycles. The number of hydrogen-bond acceptors (Lipinski definition) is 10. The Kier molecular flexibility index (Phi) is 17.1. The molecule has 574 valence electrons. The molecule has 1 aliphatic heterocycles. The third kappa shape index (κ3) is 12.5. The molecule has 122 heavy (non-hydrogen) atoms. The van der Waals surface area contributed by atoms with Gasteiger partial charge >= 0.3 is 7.12 Å². The van der Waals surface area contributed by atoms with Crippen molar-refractivity contribution in [2.45, 2.75) is 38.9 Å². The van der Waals surface area contributed by atoms with Gasteiger partial charge in [-0.2, -0.15) is 0 Å². The zero-order chi connectivity index (χ0) is 81.5. The van der Waals surface area contributed by atoms with Gasteiger partial charge in [0.1, 0.15) is 0 Å². The molecule has 10 nitrogen and oxygen atoms in total. The molecule has 0 atom stereocenters. The van der Waals surface area contributed by atoms with Crippen LogP contribution < -0.4 is 5.46 Å². The zero-order valence-electron chi connectivity index (χ0n) is 67.0. The summed E-state index contributed by atoms with van der Waals surface area (Å²) in [7, 11) is -0.373. The summed E-state index contributed by atoms with van der Waals surface area (Å²) in [5.41, 5.74) is 23.2. The summed E-state index contributed by atoms with van der Waals surface area (Å²) in [5, 5.41) is 24.2. The molecule has 24 aromatic rings. The van der Waals surface area contributed by atoms with Crippen molar-refractivity contribution in [3.8, 4) is 78.4 Å². The maximum atomic E-state index is 6.25. The molecule has 8 aromatic heterocycles. The van der Waals surface area contributed by atoms with E-state index in [0.717, 1.165) is 176 Å². The fourth-order valence-corrected chi connectivity index (χ4v) is 18.5. The highest BCUT2D eigenvalue weighted by Gasteiger charge is 2.51. The van der Waals surface area contributed by atoms with E-state index >= 15 is 0 Å². The number of nitrogens with zero attached hydrogens (tertiary/aromatic N) is 8. The minimum atomic E-state index is -0.373. The minimum Gasteiger partial charge on any atom is -0.399 e. The van der Waals surface area contributed by atoms with Crippen LogP contribution in [0, 0.1) is 0 Å². The lowest BCUT2D eigenvalue weighted by Gasteiger charge is -2.32. The van der Waals surface area contributed by atoms with E-state index in [9.17, 15) is 0 Å². The van der Waals surface area contributed by atoms with Crippen LogP contribution in [0.25, 0.3) is 230 Å². The smallest absolute Gasteiger partial charge is 0.399 e. The van der Waals surface area contributed by atoms with Crippen LogP contribution in [0.1, 0.15) is 27.7 Å². The van der Waals surface area contributed by atoms with Gasteiger partial charge in [0.15, 0.2) is 0 Å². The summed E-state index contributed by atoms with van der Waals surface area (Å²) in [4.78, 5) is 38.6. The van der Waals surface area contributed by atoms with E-state index in [-0.39, 0.29) is 18.3 Å². The van der Waals surface area contributed by atoms with Crippen LogP contribution in [-0.4, -0.2) is 58.2 Å². The Bertz CT molecular complexity index is 8340. The number of fused-ring (bicyclic) bond motifs is 10. The van der Waals surface area contributed by atoms with Gasteiger partial charge in [0, 0.05) is 89.2 Å². The van der Waals surface area contributed by atoms with Gasteiger partial charge in [-0.1, -0.05) is 259 Å². The van der Waals surface area contributed by atoms with Gasteiger partial charge < -0.3 is 9.31 Å². The number of halogens is 1. The molecule has 1 saturated heterocycles. The average Bonchev–Trinajstić information content (AvgIpc) is 0.812. The molecule has 0 spiro atoms. The highest BCUT2D eigenvalue weighted by atomic mass is 79.9. The van der Waals surface area contributed by atoms with Crippen molar-refractivity contribution < 1.29 is 9.31 Å². The molecule has 16 aromatic carbocycles. The molecule has 1 fully saturated rings. The first-order valence-corrected chi connectivity index (χ1v) is 42.0. The van der Waals surface area contributed by atoms with Crippen LogP contribution >= 0.6 is 15.9 Å². The minimum absolute atomic E-state index is 0.357. The fourth-order valence-electron chi connectivity index (χ4n) is 18.2. The van der Waals surface area contributed by atoms with E-state index in [2.05, 4.69) is 379 Å². The molecule has 0 unspecified atom stereocenters. The van der Waals surface area contributed by atoms with Crippen LogP contribution in [0.5, 0.6) is 0 Å². The van der Waals surface area contributed by atoms with Crippen molar-refractivity contribution >= 4 is 180 Å². The van der Waals surface area contributed by atoms with Gasteiger partial charge in [0.05, 0.1) is 78.1 Å². The molecule has 12 heteroatoms. The van der Waals surface area contributed by atoms with E-state index in [1.165, 1.54) is 64.6 Å².